The van der Waals surface area contributed by atoms with Gasteiger partial charge in [0.25, 0.3) is 0 Å². The maximum atomic E-state index is 10.3. The first-order valence-electron chi connectivity index (χ1n) is 3.52. The van der Waals surface area contributed by atoms with Gasteiger partial charge in [-0.2, -0.15) is 0 Å². The molecule has 0 atom stereocenters. The first kappa shape index (κ1) is 10.2. The molecule has 0 fully saturated rings. The quantitative estimate of drug-likeness (QED) is 0.475. The Morgan fingerprint density at radius 1 is 1.64 bits per heavy atom. The predicted molar refractivity (Wildman–Crippen MR) is 44.5 cm³/mol. The third kappa shape index (κ3) is 5.61. The molecule has 0 saturated carbocycles. The van der Waals surface area contributed by atoms with Gasteiger partial charge in [-0.3, -0.25) is 4.79 Å². The van der Waals surface area contributed by atoms with Crippen LogP contribution in [0.3, 0.4) is 0 Å². The molecule has 0 amide bonds. The van der Waals surface area contributed by atoms with Crippen LogP contribution in [0.4, 0.5) is 0 Å². The van der Waals surface area contributed by atoms with Crippen LogP contribution >= 0.6 is 0 Å². The highest BCUT2D eigenvalue weighted by Crippen LogP contribution is 2.06. The number of nitrogens with zero attached hydrogens (tertiary/aromatic N) is 1. The van der Waals surface area contributed by atoms with Gasteiger partial charge in [-0.1, -0.05) is 13.1 Å². The molecule has 0 N–H and O–H groups in total. The highest BCUT2D eigenvalue weighted by atomic mass is 28.3. The number of nitriles is 1. The van der Waals surface area contributed by atoms with Crippen molar-refractivity contribution < 1.29 is 9.53 Å². The molecule has 0 aromatic carbocycles. The molecule has 0 heterocycles. The second kappa shape index (κ2) is 4.14. The van der Waals surface area contributed by atoms with Crippen LogP contribution in [0.2, 0.25) is 19.1 Å². The minimum atomic E-state index is -1.72. The first-order valence-corrected chi connectivity index (χ1v) is 6.73. The van der Waals surface area contributed by atoms with Crippen molar-refractivity contribution in [2.45, 2.75) is 26.1 Å². The van der Waals surface area contributed by atoms with Gasteiger partial charge in [-0.25, -0.2) is 5.26 Å². The zero-order chi connectivity index (χ0) is 8.91. The largest absolute Gasteiger partial charge is 0.466 e. The molecule has 3 nitrogen and oxygen atoms in total. The molecule has 0 radical (unpaired) electrons. The molecule has 0 aliphatic rings. The van der Waals surface area contributed by atoms with Crippen molar-refractivity contribution in [3.8, 4) is 5.69 Å². The van der Waals surface area contributed by atoms with Crippen molar-refractivity contribution >= 4 is 14.0 Å². The van der Waals surface area contributed by atoms with Crippen molar-refractivity contribution in [2.75, 3.05) is 6.61 Å². The van der Waals surface area contributed by atoms with Crippen LogP contribution < -0.4 is 0 Å². The Hall–Kier alpha value is -0.823. The molecule has 4 heteroatoms. The molecule has 0 aromatic rings. The SMILES string of the molecule is CC(=O)OCC[Si](C)(C)C#N. The lowest BCUT2D eigenvalue weighted by Crippen LogP contribution is -2.25. The van der Waals surface area contributed by atoms with Crippen molar-refractivity contribution in [1.29, 1.82) is 5.26 Å². The van der Waals surface area contributed by atoms with Gasteiger partial charge in [0.2, 0.25) is 0 Å². The average molecular weight is 171 g/mol. The summed E-state index contributed by atoms with van der Waals surface area (Å²) in [5.74, 6) is -0.271. The minimum Gasteiger partial charge on any atom is -0.466 e. The number of hydrogen-bond donors (Lipinski definition) is 0. The van der Waals surface area contributed by atoms with E-state index in [0.717, 1.165) is 6.04 Å². The normalized spacial score (nSPS) is 10.4. The number of ether oxygens (including phenoxy) is 1. The molecule has 0 aliphatic carbocycles. The Labute approximate surface area is 68.0 Å². The second-order valence-corrected chi connectivity index (χ2v) is 7.58. The Kier molecular flexibility index (Phi) is 3.83. The summed E-state index contributed by atoms with van der Waals surface area (Å²) < 4.78 is 4.72. The third-order valence-corrected chi connectivity index (χ3v) is 3.39. The van der Waals surface area contributed by atoms with Crippen LogP contribution in [-0.2, 0) is 9.53 Å². The van der Waals surface area contributed by atoms with E-state index in [4.69, 9.17) is 10.00 Å². The van der Waals surface area contributed by atoms with Crippen LogP contribution in [0.25, 0.3) is 0 Å². The molecule has 0 rings (SSSR count). The van der Waals surface area contributed by atoms with Crippen molar-refractivity contribution in [3.05, 3.63) is 0 Å². The van der Waals surface area contributed by atoms with E-state index in [0.29, 0.717) is 6.61 Å². The van der Waals surface area contributed by atoms with E-state index in [1.807, 2.05) is 13.1 Å². The Bertz CT molecular complexity index is 183. The summed E-state index contributed by atoms with van der Waals surface area (Å²) in [5, 5.41) is 8.63. The van der Waals surface area contributed by atoms with Gasteiger partial charge in [0.05, 0.1) is 6.61 Å². The molecule has 0 spiro atoms. The monoisotopic (exact) mass is 171 g/mol. The molecule has 0 unspecified atom stereocenters. The number of esters is 1. The van der Waals surface area contributed by atoms with Crippen LogP contribution in [-0.4, -0.2) is 20.7 Å². The molecular formula is C7H13NO2Si. The van der Waals surface area contributed by atoms with Gasteiger partial charge in [-0.05, 0) is 6.04 Å². The summed E-state index contributed by atoms with van der Waals surface area (Å²) in [6, 6.07) is 0.725. The van der Waals surface area contributed by atoms with Crippen molar-refractivity contribution in [2.24, 2.45) is 0 Å². The third-order valence-electron chi connectivity index (χ3n) is 1.34. The first-order chi connectivity index (χ1) is 4.98. The predicted octanol–water partition coefficient (Wildman–Crippen LogP) is 1.32. The summed E-state index contributed by atoms with van der Waals surface area (Å²) in [5.41, 5.74) is 2.26. The fraction of sp³-hybridized carbons (Fsp3) is 0.714. The fourth-order valence-electron chi connectivity index (χ4n) is 0.506. The smallest absolute Gasteiger partial charge is 0.302 e. The maximum absolute atomic E-state index is 10.3. The van der Waals surface area contributed by atoms with Crippen LogP contribution in [0.1, 0.15) is 6.92 Å². The van der Waals surface area contributed by atoms with E-state index in [-0.39, 0.29) is 5.97 Å². The summed E-state index contributed by atoms with van der Waals surface area (Å²) in [7, 11) is -1.72. The lowest BCUT2D eigenvalue weighted by molar-refractivity contribution is -0.140. The van der Waals surface area contributed by atoms with Gasteiger partial charge >= 0.3 is 5.97 Å². The second-order valence-electron chi connectivity index (χ2n) is 3.09. The number of hydrogen-bond acceptors (Lipinski definition) is 3. The summed E-state index contributed by atoms with van der Waals surface area (Å²) in [6.07, 6.45) is 0. The highest BCUT2D eigenvalue weighted by Gasteiger charge is 2.20. The van der Waals surface area contributed by atoms with E-state index >= 15 is 0 Å². The van der Waals surface area contributed by atoms with Crippen LogP contribution in [0.5, 0.6) is 0 Å². The van der Waals surface area contributed by atoms with E-state index in [2.05, 4.69) is 5.69 Å². The van der Waals surface area contributed by atoms with E-state index in [1.165, 1.54) is 6.92 Å². The molecule has 0 aromatic heterocycles. The molecule has 11 heavy (non-hydrogen) atoms. The molecule has 0 aliphatic heterocycles. The molecule has 62 valence electrons. The standard InChI is InChI=1S/C7H13NO2Si/c1-7(9)10-4-5-11(2,3)6-8/h4-5H2,1-3H3. The van der Waals surface area contributed by atoms with E-state index in [9.17, 15) is 4.79 Å². The lowest BCUT2D eigenvalue weighted by Gasteiger charge is -2.10. The Morgan fingerprint density at radius 2 is 2.18 bits per heavy atom. The topological polar surface area (TPSA) is 50.1 Å². The Morgan fingerprint density at radius 3 is 2.55 bits per heavy atom. The zero-order valence-electron chi connectivity index (χ0n) is 7.18. The molecule has 0 saturated heterocycles. The average Bonchev–Trinajstić information content (AvgIpc) is 1.87. The van der Waals surface area contributed by atoms with Crippen LogP contribution in [0, 0.1) is 11.0 Å². The highest BCUT2D eigenvalue weighted by molar-refractivity contribution is 6.84. The number of rotatable bonds is 3. The number of carbonyl (C=O) groups is 1. The Balaban J connectivity index is 3.56. The fourth-order valence-corrected chi connectivity index (χ4v) is 1.23. The number of carbonyl (C=O) groups excluding carboxylic acids is 1. The molecular weight excluding hydrogens is 158 g/mol. The van der Waals surface area contributed by atoms with Crippen LogP contribution in [0.15, 0.2) is 0 Å². The summed E-state index contributed by atoms with van der Waals surface area (Å²) >= 11 is 0. The van der Waals surface area contributed by atoms with Crippen molar-refractivity contribution in [3.63, 3.8) is 0 Å². The lowest BCUT2D eigenvalue weighted by atomic mass is 10.8. The van der Waals surface area contributed by atoms with Crippen molar-refractivity contribution in [1.82, 2.24) is 0 Å². The van der Waals surface area contributed by atoms with Gasteiger partial charge in [0, 0.05) is 12.6 Å². The molecule has 0 bridgehead atoms. The zero-order valence-corrected chi connectivity index (χ0v) is 8.18. The van der Waals surface area contributed by atoms with Gasteiger partial charge in [0.15, 0.2) is 8.07 Å². The summed E-state index contributed by atoms with van der Waals surface area (Å²) in [4.78, 5) is 10.3. The van der Waals surface area contributed by atoms with Gasteiger partial charge < -0.3 is 4.74 Å². The minimum absolute atomic E-state index is 0.271. The maximum Gasteiger partial charge on any atom is 0.302 e. The van der Waals surface area contributed by atoms with E-state index < -0.39 is 8.07 Å². The summed E-state index contributed by atoms with van der Waals surface area (Å²) in [6.45, 7) is 5.68. The van der Waals surface area contributed by atoms with Gasteiger partial charge in [-0.15, -0.1) is 0 Å². The van der Waals surface area contributed by atoms with E-state index in [1.54, 1.807) is 0 Å². The van der Waals surface area contributed by atoms with Gasteiger partial charge in [0.1, 0.15) is 0 Å².